The van der Waals surface area contributed by atoms with E-state index in [0.717, 1.165) is 11.3 Å². The lowest BCUT2D eigenvalue weighted by atomic mass is 10.0. The number of aryl methyl sites for hydroxylation is 1. The van der Waals surface area contributed by atoms with Crippen LogP contribution in [-0.4, -0.2) is 33.1 Å². The lowest BCUT2D eigenvalue weighted by Crippen LogP contribution is -2.34. The summed E-state index contributed by atoms with van der Waals surface area (Å²) in [5, 5.41) is 0. The molecule has 0 bridgehead atoms. The molecule has 0 spiro atoms. The third-order valence-corrected chi connectivity index (χ3v) is 5.47. The van der Waals surface area contributed by atoms with Gasteiger partial charge in [0, 0.05) is 12.7 Å². The molecule has 162 valence electrons. The van der Waals surface area contributed by atoms with Gasteiger partial charge < -0.3 is 14.4 Å². The van der Waals surface area contributed by atoms with E-state index in [1.54, 1.807) is 43.3 Å². The maximum absolute atomic E-state index is 13.7. The van der Waals surface area contributed by atoms with Crippen LogP contribution < -0.4 is 19.3 Å². The number of hydrogen-bond acceptors (Lipinski definition) is 5. The fourth-order valence-corrected chi connectivity index (χ4v) is 3.86. The summed E-state index contributed by atoms with van der Waals surface area (Å²) in [6, 6.07) is 22.0. The Balaban J connectivity index is 1.91. The van der Waals surface area contributed by atoms with E-state index in [2.05, 4.69) is 0 Å². The van der Waals surface area contributed by atoms with Gasteiger partial charge in [-0.15, -0.1) is 0 Å². The molecule has 1 aliphatic rings. The van der Waals surface area contributed by atoms with Gasteiger partial charge in [-0.2, -0.15) is 0 Å². The number of imide groups is 1. The summed E-state index contributed by atoms with van der Waals surface area (Å²) < 4.78 is 10.8. The molecular formula is C26H24N2O4. The van der Waals surface area contributed by atoms with Crippen molar-refractivity contribution in [3.05, 3.63) is 89.6 Å². The second-order valence-corrected chi connectivity index (χ2v) is 7.47. The summed E-state index contributed by atoms with van der Waals surface area (Å²) in [6.45, 7) is 1.92. The van der Waals surface area contributed by atoms with Gasteiger partial charge in [0.25, 0.3) is 11.8 Å². The fourth-order valence-electron chi connectivity index (χ4n) is 3.86. The number of anilines is 2. The van der Waals surface area contributed by atoms with E-state index in [9.17, 15) is 9.59 Å². The molecule has 0 N–H and O–H groups in total. The molecule has 1 aliphatic heterocycles. The van der Waals surface area contributed by atoms with Crippen LogP contribution in [0.5, 0.6) is 11.5 Å². The Morgan fingerprint density at radius 3 is 2.16 bits per heavy atom. The average Bonchev–Trinajstić information content (AvgIpc) is 3.08. The Morgan fingerprint density at radius 2 is 1.50 bits per heavy atom. The molecule has 32 heavy (non-hydrogen) atoms. The summed E-state index contributed by atoms with van der Waals surface area (Å²) >= 11 is 0. The smallest absolute Gasteiger partial charge is 0.282 e. The van der Waals surface area contributed by atoms with Crippen molar-refractivity contribution in [3.63, 3.8) is 0 Å². The predicted molar refractivity (Wildman–Crippen MR) is 125 cm³/mol. The van der Waals surface area contributed by atoms with Crippen LogP contribution in [-0.2, 0) is 9.59 Å². The van der Waals surface area contributed by atoms with Crippen molar-refractivity contribution in [3.8, 4) is 11.5 Å². The van der Waals surface area contributed by atoms with E-state index >= 15 is 0 Å². The van der Waals surface area contributed by atoms with Gasteiger partial charge in [0.2, 0.25) is 0 Å². The van der Waals surface area contributed by atoms with Gasteiger partial charge in [-0.05, 0) is 54.4 Å². The topological polar surface area (TPSA) is 59.1 Å². The Kier molecular flexibility index (Phi) is 5.69. The van der Waals surface area contributed by atoms with Crippen LogP contribution in [0, 0.1) is 6.92 Å². The number of methoxy groups -OCH3 is 2. The highest BCUT2D eigenvalue weighted by atomic mass is 16.5. The van der Waals surface area contributed by atoms with Crippen molar-refractivity contribution in [1.82, 2.24) is 0 Å². The molecule has 1 heterocycles. The Bertz CT molecular complexity index is 1220. The summed E-state index contributed by atoms with van der Waals surface area (Å²) in [4.78, 5) is 30.3. The number of rotatable bonds is 6. The first-order chi connectivity index (χ1) is 15.5. The van der Waals surface area contributed by atoms with Gasteiger partial charge >= 0.3 is 0 Å². The molecule has 0 radical (unpaired) electrons. The van der Waals surface area contributed by atoms with Crippen LogP contribution in [0.2, 0.25) is 0 Å². The highest BCUT2D eigenvalue weighted by molar-refractivity contribution is 6.46. The number of para-hydroxylation sites is 1. The number of nitrogens with zero attached hydrogens (tertiary/aromatic N) is 2. The molecule has 0 saturated heterocycles. The minimum absolute atomic E-state index is 0.301. The zero-order chi connectivity index (χ0) is 22.8. The minimum atomic E-state index is -0.384. The van der Waals surface area contributed by atoms with Crippen LogP contribution >= 0.6 is 0 Å². The second-order valence-electron chi connectivity index (χ2n) is 7.47. The van der Waals surface area contributed by atoms with E-state index in [4.69, 9.17) is 9.47 Å². The van der Waals surface area contributed by atoms with Gasteiger partial charge in [-0.25, -0.2) is 4.90 Å². The van der Waals surface area contributed by atoms with E-state index in [-0.39, 0.29) is 11.8 Å². The summed E-state index contributed by atoms with van der Waals surface area (Å²) in [5.41, 5.74) is 3.48. The number of hydrogen-bond donors (Lipinski definition) is 0. The van der Waals surface area contributed by atoms with Crippen molar-refractivity contribution in [1.29, 1.82) is 0 Å². The maximum Gasteiger partial charge on any atom is 0.282 e. The first kappa shape index (κ1) is 21.2. The van der Waals surface area contributed by atoms with Crippen LogP contribution in [0.4, 0.5) is 11.4 Å². The number of carbonyl (C=O) groups is 2. The molecule has 0 atom stereocenters. The molecule has 0 fully saturated rings. The van der Waals surface area contributed by atoms with E-state index in [1.807, 2.05) is 55.5 Å². The molecule has 0 aromatic heterocycles. The van der Waals surface area contributed by atoms with Gasteiger partial charge in [0.05, 0.1) is 25.5 Å². The van der Waals surface area contributed by atoms with E-state index < -0.39 is 0 Å². The van der Waals surface area contributed by atoms with Crippen LogP contribution in [0.25, 0.3) is 5.57 Å². The lowest BCUT2D eigenvalue weighted by molar-refractivity contribution is -0.120. The number of benzene rings is 3. The highest BCUT2D eigenvalue weighted by Gasteiger charge is 2.42. The molecule has 3 aromatic carbocycles. The van der Waals surface area contributed by atoms with Crippen LogP contribution in [0.1, 0.15) is 11.1 Å². The maximum atomic E-state index is 13.7. The quantitative estimate of drug-likeness (QED) is 0.544. The Labute approximate surface area is 187 Å². The number of ether oxygens (including phenoxy) is 2. The van der Waals surface area contributed by atoms with Crippen LogP contribution in [0.15, 0.2) is 78.5 Å². The third-order valence-electron chi connectivity index (χ3n) is 5.47. The zero-order valence-corrected chi connectivity index (χ0v) is 18.5. The van der Waals surface area contributed by atoms with Crippen molar-refractivity contribution in [2.75, 3.05) is 31.1 Å². The third kappa shape index (κ3) is 3.60. The molecule has 0 unspecified atom stereocenters. The van der Waals surface area contributed by atoms with Gasteiger partial charge in [-0.1, -0.05) is 36.4 Å². The van der Waals surface area contributed by atoms with E-state index in [1.165, 1.54) is 12.0 Å². The van der Waals surface area contributed by atoms with Gasteiger partial charge in [0.1, 0.15) is 5.70 Å². The first-order valence-electron chi connectivity index (χ1n) is 10.2. The molecule has 6 heteroatoms. The number of amides is 2. The first-order valence-corrected chi connectivity index (χ1v) is 10.2. The number of carbonyl (C=O) groups excluding carboxylic acids is 2. The summed E-state index contributed by atoms with van der Waals surface area (Å²) in [7, 11) is 4.87. The van der Waals surface area contributed by atoms with Crippen molar-refractivity contribution in [2.24, 2.45) is 0 Å². The van der Waals surface area contributed by atoms with Crippen molar-refractivity contribution >= 4 is 28.8 Å². The SMILES string of the molecule is COc1ccc(C2=C(N(C)c3ccccc3)C(=O)N(c3cccc(C)c3)C2=O)cc1OC. The molecule has 4 rings (SSSR count). The monoisotopic (exact) mass is 428 g/mol. The Hall–Kier alpha value is -4.06. The molecule has 0 saturated carbocycles. The standard InChI is InChI=1S/C26H24N2O4/c1-17-9-8-12-20(15-17)28-25(29)23(18-13-14-21(31-3)22(16-18)32-4)24(26(28)30)27(2)19-10-6-5-7-11-19/h5-16H,1-4H3. The second kappa shape index (κ2) is 8.59. The highest BCUT2D eigenvalue weighted by Crippen LogP contribution is 2.39. The van der Waals surface area contributed by atoms with Crippen molar-refractivity contribution < 1.29 is 19.1 Å². The van der Waals surface area contributed by atoms with Gasteiger partial charge in [0.15, 0.2) is 11.5 Å². The van der Waals surface area contributed by atoms with Crippen LogP contribution in [0.3, 0.4) is 0 Å². The molecule has 2 amide bonds. The molecule has 0 aliphatic carbocycles. The van der Waals surface area contributed by atoms with E-state index in [0.29, 0.717) is 34.0 Å². The largest absolute Gasteiger partial charge is 0.493 e. The number of likely N-dealkylation sites (N-methyl/N-ethyl adjacent to an activating group) is 1. The predicted octanol–water partition coefficient (Wildman–Crippen LogP) is 4.43. The molecule has 3 aromatic rings. The zero-order valence-electron chi connectivity index (χ0n) is 18.5. The normalized spacial score (nSPS) is 13.6. The lowest BCUT2D eigenvalue weighted by Gasteiger charge is -2.21. The Morgan fingerprint density at radius 1 is 0.781 bits per heavy atom. The molecular weight excluding hydrogens is 404 g/mol. The summed E-state index contributed by atoms with van der Waals surface area (Å²) in [6.07, 6.45) is 0. The minimum Gasteiger partial charge on any atom is -0.493 e. The molecule has 6 nitrogen and oxygen atoms in total. The fraction of sp³-hybridized carbons (Fsp3) is 0.154. The average molecular weight is 428 g/mol. The van der Waals surface area contributed by atoms with Crippen molar-refractivity contribution in [2.45, 2.75) is 6.92 Å². The van der Waals surface area contributed by atoms with Gasteiger partial charge in [-0.3, -0.25) is 9.59 Å². The summed E-state index contributed by atoms with van der Waals surface area (Å²) in [5.74, 6) is 0.262.